The van der Waals surface area contributed by atoms with Crippen LogP contribution in [0.1, 0.15) is 11.1 Å². The highest BCUT2D eigenvalue weighted by Crippen LogP contribution is 2.22. The molecule has 0 aliphatic heterocycles. The number of benzene rings is 2. The van der Waals surface area contributed by atoms with E-state index in [0.717, 1.165) is 24.3 Å². The Bertz CT molecular complexity index is 776. The molecule has 0 aromatic heterocycles. The van der Waals surface area contributed by atoms with E-state index in [2.05, 4.69) is 4.72 Å². The molecule has 0 radical (unpaired) electrons. The van der Waals surface area contributed by atoms with Crippen LogP contribution < -0.4 is 4.72 Å². The molecule has 0 aliphatic rings. The first-order valence-corrected chi connectivity index (χ1v) is 7.50. The molecule has 0 heterocycles. The third kappa shape index (κ3) is 3.37. The van der Waals surface area contributed by atoms with Crippen LogP contribution in [0.5, 0.6) is 0 Å². The minimum atomic E-state index is -4.07. The Kier molecular flexibility index (Phi) is 4.24. The molecule has 21 heavy (non-hydrogen) atoms. The van der Waals surface area contributed by atoms with Gasteiger partial charge in [-0.15, -0.1) is 0 Å². The number of aliphatic hydroxyl groups is 1. The predicted molar refractivity (Wildman–Crippen MR) is 74.3 cm³/mol. The SMILES string of the molecule is Cc1ccc(F)c(NS(=O)(=O)c2ccc(F)c(CO)c2)c1. The number of sulfonamides is 1. The van der Waals surface area contributed by atoms with Gasteiger partial charge in [0.25, 0.3) is 10.0 Å². The third-order valence-corrected chi connectivity index (χ3v) is 4.23. The van der Waals surface area contributed by atoms with E-state index in [1.807, 2.05) is 0 Å². The first kappa shape index (κ1) is 15.4. The summed E-state index contributed by atoms with van der Waals surface area (Å²) in [6.07, 6.45) is 0. The van der Waals surface area contributed by atoms with Gasteiger partial charge in [0.1, 0.15) is 11.6 Å². The van der Waals surface area contributed by atoms with Gasteiger partial charge < -0.3 is 5.11 Å². The Labute approximate surface area is 121 Å². The lowest BCUT2D eigenvalue weighted by Gasteiger charge is -2.10. The molecule has 7 heteroatoms. The van der Waals surface area contributed by atoms with Crippen LogP contribution in [0.15, 0.2) is 41.3 Å². The largest absolute Gasteiger partial charge is 0.392 e. The summed E-state index contributed by atoms with van der Waals surface area (Å²) in [5.74, 6) is -1.42. The van der Waals surface area contributed by atoms with Gasteiger partial charge in [-0.3, -0.25) is 4.72 Å². The van der Waals surface area contributed by atoms with Gasteiger partial charge in [-0.1, -0.05) is 6.07 Å². The minimum absolute atomic E-state index is 0.150. The molecule has 2 aromatic rings. The maximum Gasteiger partial charge on any atom is 0.262 e. The summed E-state index contributed by atoms with van der Waals surface area (Å²) in [6, 6.07) is 7.00. The highest BCUT2D eigenvalue weighted by Gasteiger charge is 2.18. The van der Waals surface area contributed by atoms with E-state index in [9.17, 15) is 17.2 Å². The van der Waals surface area contributed by atoms with Gasteiger partial charge in [-0.2, -0.15) is 0 Å². The van der Waals surface area contributed by atoms with Crippen molar-refractivity contribution in [3.8, 4) is 0 Å². The number of anilines is 1. The molecule has 112 valence electrons. The van der Waals surface area contributed by atoms with Gasteiger partial charge in [-0.05, 0) is 42.8 Å². The summed E-state index contributed by atoms with van der Waals surface area (Å²) in [4.78, 5) is -0.256. The minimum Gasteiger partial charge on any atom is -0.392 e. The van der Waals surface area contributed by atoms with Gasteiger partial charge in [0.05, 0.1) is 17.2 Å². The number of hydrogen-bond acceptors (Lipinski definition) is 3. The Morgan fingerprint density at radius 2 is 1.76 bits per heavy atom. The molecular weight excluding hydrogens is 300 g/mol. The number of nitrogens with one attached hydrogen (secondary N) is 1. The zero-order chi connectivity index (χ0) is 15.6. The second kappa shape index (κ2) is 5.79. The Balaban J connectivity index is 2.41. The smallest absolute Gasteiger partial charge is 0.262 e. The summed E-state index contributed by atoms with van der Waals surface area (Å²) in [5.41, 5.74) is 0.344. The zero-order valence-corrected chi connectivity index (χ0v) is 11.9. The average Bonchev–Trinajstić information content (AvgIpc) is 2.43. The topological polar surface area (TPSA) is 66.4 Å². The summed E-state index contributed by atoms with van der Waals surface area (Å²) in [6.45, 7) is 1.06. The molecule has 0 atom stereocenters. The molecule has 0 unspecified atom stereocenters. The lowest BCUT2D eigenvalue weighted by atomic mass is 10.2. The standard InChI is InChI=1S/C14H13F2NO3S/c1-9-2-4-13(16)14(6-9)17-21(19,20)11-3-5-12(15)10(7-11)8-18/h2-7,17-18H,8H2,1H3. The molecule has 0 saturated carbocycles. The lowest BCUT2D eigenvalue weighted by molar-refractivity contribution is 0.275. The number of hydrogen-bond donors (Lipinski definition) is 2. The number of rotatable bonds is 4. The van der Waals surface area contributed by atoms with Gasteiger partial charge in [-0.25, -0.2) is 17.2 Å². The van der Waals surface area contributed by atoms with Gasteiger partial charge in [0, 0.05) is 5.56 Å². The van der Waals surface area contributed by atoms with Gasteiger partial charge >= 0.3 is 0 Å². The van der Waals surface area contributed by atoms with Crippen LogP contribution in [0, 0.1) is 18.6 Å². The van der Waals surface area contributed by atoms with Crippen molar-refractivity contribution in [3.63, 3.8) is 0 Å². The normalized spacial score (nSPS) is 11.4. The molecule has 0 bridgehead atoms. The fourth-order valence-corrected chi connectivity index (χ4v) is 2.87. The van der Waals surface area contributed by atoms with E-state index in [1.165, 1.54) is 12.1 Å². The summed E-state index contributed by atoms with van der Waals surface area (Å²) < 4.78 is 53.3. The van der Waals surface area contributed by atoms with Crippen LogP contribution >= 0.6 is 0 Å². The molecule has 2 aromatic carbocycles. The number of aryl methyl sites for hydroxylation is 1. The van der Waals surface area contributed by atoms with Crippen LogP contribution in [-0.2, 0) is 16.6 Å². The van der Waals surface area contributed by atoms with E-state index < -0.39 is 28.3 Å². The predicted octanol–water partition coefficient (Wildman–Crippen LogP) is 2.57. The highest BCUT2D eigenvalue weighted by molar-refractivity contribution is 7.92. The highest BCUT2D eigenvalue weighted by atomic mass is 32.2. The van der Waals surface area contributed by atoms with E-state index in [-0.39, 0.29) is 16.1 Å². The number of halogens is 2. The van der Waals surface area contributed by atoms with E-state index in [4.69, 9.17) is 5.11 Å². The van der Waals surface area contributed by atoms with Crippen molar-refractivity contribution in [2.45, 2.75) is 18.4 Å². The molecule has 0 spiro atoms. The van der Waals surface area contributed by atoms with Crippen molar-refractivity contribution >= 4 is 15.7 Å². The fraction of sp³-hybridized carbons (Fsp3) is 0.143. The van der Waals surface area contributed by atoms with Crippen molar-refractivity contribution in [2.75, 3.05) is 4.72 Å². The van der Waals surface area contributed by atoms with Crippen molar-refractivity contribution in [2.24, 2.45) is 0 Å². The van der Waals surface area contributed by atoms with Crippen LogP contribution in [0.3, 0.4) is 0 Å². The van der Waals surface area contributed by atoms with E-state index in [1.54, 1.807) is 6.92 Å². The maximum atomic E-state index is 13.6. The molecule has 0 saturated heterocycles. The second-order valence-electron chi connectivity index (χ2n) is 4.50. The lowest BCUT2D eigenvalue weighted by Crippen LogP contribution is -2.14. The molecular formula is C14H13F2NO3S. The first-order valence-electron chi connectivity index (χ1n) is 6.02. The summed E-state index contributed by atoms with van der Waals surface area (Å²) >= 11 is 0. The van der Waals surface area contributed by atoms with E-state index in [0.29, 0.717) is 5.56 Å². The van der Waals surface area contributed by atoms with Crippen LogP contribution in [0.25, 0.3) is 0 Å². The number of aliphatic hydroxyl groups excluding tert-OH is 1. The van der Waals surface area contributed by atoms with Crippen LogP contribution in [0.2, 0.25) is 0 Å². The van der Waals surface area contributed by atoms with Crippen LogP contribution in [0.4, 0.5) is 14.5 Å². The molecule has 4 nitrogen and oxygen atoms in total. The monoisotopic (exact) mass is 313 g/mol. The second-order valence-corrected chi connectivity index (χ2v) is 6.18. The van der Waals surface area contributed by atoms with E-state index >= 15 is 0 Å². The molecule has 2 rings (SSSR count). The molecule has 0 amide bonds. The van der Waals surface area contributed by atoms with Crippen molar-refractivity contribution in [1.29, 1.82) is 0 Å². The third-order valence-electron chi connectivity index (χ3n) is 2.86. The van der Waals surface area contributed by atoms with Crippen molar-refractivity contribution < 1.29 is 22.3 Å². The van der Waals surface area contributed by atoms with Gasteiger partial charge in [0.15, 0.2) is 0 Å². The quantitative estimate of drug-likeness (QED) is 0.911. The summed E-state index contributed by atoms with van der Waals surface area (Å²) in [7, 11) is -4.07. The first-order chi connectivity index (χ1) is 9.83. The average molecular weight is 313 g/mol. The van der Waals surface area contributed by atoms with Gasteiger partial charge in [0.2, 0.25) is 0 Å². The van der Waals surface area contributed by atoms with Crippen LogP contribution in [-0.4, -0.2) is 13.5 Å². The fourth-order valence-electron chi connectivity index (χ4n) is 1.76. The summed E-state index contributed by atoms with van der Waals surface area (Å²) in [5, 5.41) is 8.96. The molecule has 2 N–H and O–H groups in total. The van der Waals surface area contributed by atoms with Crippen molar-refractivity contribution in [1.82, 2.24) is 0 Å². The Morgan fingerprint density at radius 1 is 1.10 bits per heavy atom. The van der Waals surface area contributed by atoms with Crippen molar-refractivity contribution in [3.05, 3.63) is 59.2 Å². The maximum absolute atomic E-state index is 13.6. The Morgan fingerprint density at radius 3 is 2.43 bits per heavy atom. The molecule has 0 fully saturated rings. The zero-order valence-electron chi connectivity index (χ0n) is 11.1. The Hall–Kier alpha value is -1.99. The molecule has 0 aliphatic carbocycles.